The quantitative estimate of drug-likeness (QED) is 0.237. The fourth-order valence-corrected chi connectivity index (χ4v) is 2.34. The number of hydrogen-bond donors (Lipinski definition) is 4. The van der Waals surface area contributed by atoms with Gasteiger partial charge in [0.1, 0.15) is 6.10 Å². The van der Waals surface area contributed by atoms with Gasteiger partial charge in [0, 0.05) is 0 Å². The number of phosphoric ester groups is 2. The van der Waals surface area contributed by atoms with E-state index in [0.717, 1.165) is 0 Å². The summed E-state index contributed by atoms with van der Waals surface area (Å²) >= 11 is 0. The average molecular weight is 396 g/mol. The van der Waals surface area contributed by atoms with Crippen molar-refractivity contribution >= 4 is 15.6 Å². The lowest BCUT2D eigenvalue weighted by Crippen LogP contribution is -2.51. The Bertz CT molecular complexity index is 463. The van der Waals surface area contributed by atoms with E-state index >= 15 is 0 Å². The Kier molecular flexibility index (Phi) is 8.26. The topological polar surface area (TPSA) is 134 Å². The van der Waals surface area contributed by atoms with Crippen LogP contribution >= 0.6 is 15.6 Å². The van der Waals surface area contributed by atoms with Gasteiger partial charge in [-0.15, -0.1) is 0 Å². The molecule has 0 aromatic carbocycles. The zero-order valence-electron chi connectivity index (χ0n) is 11.3. The van der Waals surface area contributed by atoms with Crippen LogP contribution in [0.2, 0.25) is 0 Å². The van der Waals surface area contributed by atoms with Gasteiger partial charge in [-0.25, -0.2) is 13.5 Å². The Hall–Kier alpha value is -0.130. The first-order chi connectivity index (χ1) is 10.1. The van der Waals surface area contributed by atoms with Crippen LogP contribution in [-0.4, -0.2) is 50.8 Å². The molecule has 0 fully saturated rings. The molecule has 0 heterocycles. The van der Waals surface area contributed by atoms with Crippen molar-refractivity contribution in [3.05, 3.63) is 0 Å². The first kappa shape index (κ1) is 22.9. The molecule has 0 amide bonds. The molecule has 4 N–H and O–H groups in total. The molecule has 0 aromatic rings. The molecule has 23 heavy (non-hydrogen) atoms. The molecule has 1 unspecified atom stereocenters. The minimum atomic E-state index is -5.57. The van der Waals surface area contributed by atoms with Crippen molar-refractivity contribution in [3.63, 3.8) is 0 Å². The van der Waals surface area contributed by atoms with E-state index in [-0.39, 0.29) is 6.42 Å². The van der Waals surface area contributed by atoms with E-state index in [0.29, 0.717) is 0 Å². The van der Waals surface area contributed by atoms with E-state index in [1.165, 1.54) is 0 Å². The van der Waals surface area contributed by atoms with Crippen LogP contribution in [0.3, 0.4) is 0 Å². The van der Waals surface area contributed by atoms with Crippen LogP contribution < -0.4 is 0 Å². The van der Waals surface area contributed by atoms with Crippen molar-refractivity contribution in [1.82, 2.24) is 0 Å². The summed E-state index contributed by atoms with van der Waals surface area (Å²) in [6.07, 6.45) is -4.84. The fraction of sp³-hybridized carbons (Fsp3) is 1.00. The maximum atomic E-state index is 13.5. The highest BCUT2D eigenvalue weighted by molar-refractivity contribution is 7.46. The van der Waals surface area contributed by atoms with Crippen molar-refractivity contribution in [2.24, 2.45) is 0 Å². The summed E-state index contributed by atoms with van der Waals surface area (Å²) in [7, 11) is -10.4. The Balaban J connectivity index is 4.84. The summed E-state index contributed by atoms with van der Waals surface area (Å²) in [6.45, 7) is -3.40. The highest BCUT2D eigenvalue weighted by atomic mass is 31.2. The molecule has 15 heteroatoms. The Morgan fingerprint density at radius 2 is 1.48 bits per heavy atom. The molecule has 0 saturated heterocycles. The smallest absolute Gasteiger partial charge is 0.303 e. The predicted octanol–water partition coefficient (Wildman–Crippen LogP) is 1.98. The van der Waals surface area contributed by atoms with Crippen molar-refractivity contribution in [3.8, 4) is 0 Å². The van der Waals surface area contributed by atoms with Gasteiger partial charge in [-0.3, -0.25) is 9.05 Å². The molecule has 140 valence electrons. The third-order valence-electron chi connectivity index (χ3n) is 2.44. The van der Waals surface area contributed by atoms with Gasteiger partial charge in [-0.2, -0.15) is 17.6 Å². The monoisotopic (exact) mass is 396 g/mol. The van der Waals surface area contributed by atoms with Crippen molar-refractivity contribution in [2.75, 3.05) is 13.3 Å². The van der Waals surface area contributed by atoms with Crippen LogP contribution in [0.4, 0.5) is 22.0 Å². The van der Waals surface area contributed by atoms with Crippen LogP contribution in [0.25, 0.3) is 0 Å². The standard InChI is InChI=1S/C8H15F5O8P2/c9-5-7(10,11)8(12,13)6(21-23(17,18)19)3-1-2-4-20-22(14,15)16/h6H,1-5H2,(H2,14,15,16)(H2,17,18,19). The zero-order valence-corrected chi connectivity index (χ0v) is 13.1. The Morgan fingerprint density at radius 3 is 1.87 bits per heavy atom. The molecule has 0 aliphatic carbocycles. The van der Waals surface area contributed by atoms with Gasteiger partial charge in [0.25, 0.3) is 0 Å². The maximum Gasteiger partial charge on any atom is 0.470 e. The van der Waals surface area contributed by atoms with Gasteiger partial charge in [-0.05, 0) is 19.3 Å². The molecular weight excluding hydrogens is 381 g/mol. The van der Waals surface area contributed by atoms with Gasteiger partial charge in [0.2, 0.25) is 0 Å². The first-order valence-electron chi connectivity index (χ1n) is 5.88. The minimum absolute atomic E-state index is 0.316. The van der Waals surface area contributed by atoms with E-state index in [4.69, 9.17) is 19.6 Å². The lowest BCUT2D eigenvalue weighted by molar-refractivity contribution is -0.255. The van der Waals surface area contributed by atoms with E-state index in [1.54, 1.807) is 0 Å². The highest BCUT2D eigenvalue weighted by Crippen LogP contribution is 2.47. The van der Waals surface area contributed by atoms with Gasteiger partial charge in [0.05, 0.1) is 6.61 Å². The number of rotatable bonds is 11. The molecule has 0 radical (unpaired) electrons. The van der Waals surface area contributed by atoms with Crippen LogP contribution in [0, 0.1) is 0 Å². The molecule has 8 nitrogen and oxygen atoms in total. The van der Waals surface area contributed by atoms with Crippen molar-refractivity contribution in [1.29, 1.82) is 0 Å². The second-order valence-electron chi connectivity index (χ2n) is 4.37. The normalized spacial score (nSPS) is 15.7. The number of hydrogen-bond acceptors (Lipinski definition) is 4. The van der Waals surface area contributed by atoms with E-state index < -0.39 is 59.7 Å². The molecule has 0 spiro atoms. The third kappa shape index (κ3) is 8.50. The second-order valence-corrected chi connectivity index (χ2v) is 6.80. The molecule has 0 aliphatic heterocycles. The van der Waals surface area contributed by atoms with Gasteiger partial charge < -0.3 is 19.6 Å². The van der Waals surface area contributed by atoms with E-state index in [1.807, 2.05) is 0 Å². The summed E-state index contributed by atoms with van der Waals surface area (Å²) in [5.74, 6) is -10.4. The van der Waals surface area contributed by atoms with Crippen LogP contribution in [0.1, 0.15) is 19.3 Å². The number of phosphoric acid groups is 2. The summed E-state index contributed by atoms with van der Waals surface area (Å²) in [5, 5.41) is 0. The summed E-state index contributed by atoms with van der Waals surface area (Å²) in [4.78, 5) is 33.7. The average Bonchev–Trinajstić information content (AvgIpc) is 2.33. The van der Waals surface area contributed by atoms with Crippen LogP contribution in [0.15, 0.2) is 0 Å². The van der Waals surface area contributed by atoms with E-state index in [2.05, 4.69) is 9.05 Å². The third-order valence-corrected chi connectivity index (χ3v) is 3.49. The van der Waals surface area contributed by atoms with Gasteiger partial charge in [-0.1, -0.05) is 0 Å². The predicted molar refractivity (Wildman–Crippen MR) is 64.6 cm³/mol. The van der Waals surface area contributed by atoms with Gasteiger partial charge >= 0.3 is 27.5 Å². The molecule has 1 atom stereocenters. The lowest BCUT2D eigenvalue weighted by Gasteiger charge is -2.31. The zero-order chi connectivity index (χ0) is 18.5. The maximum absolute atomic E-state index is 13.5. The fourth-order valence-electron chi connectivity index (χ4n) is 1.41. The van der Waals surface area contributed by atoms with Crippen molar-refractivity contribution in [2.45, 2.75) is 37.2 Å². The Morgan fingerprint density at radius 1 is 0.957 bits per heavy atom. The molecule has 0 saturated carbocycles. The van der Waals surface area contributed by atoms with Gasteiger partial charge in [0.15, 0.2) is 6.67 Å². The second kappa shape index (κ2) is 8.30. The van der Waals surface area contributed by atoms with E-state index in [9.17, 15) is 31.1 Å². The molecular formula is C8H15F5O8P2. The number of unbranched alkanes of at least 4 members (excludes halogenated alkanes) is 1. The van der Waals surface area contributed by atoms with Crippen LogP contribution in [-0.2, 0) is 18.2 Å². The summed E-state index contributed by atoms with van der Waals surface area (Å²) < 4.78 is 93.3. The summed E-state index contributed by atoms with van der Waals surface area (Å²) in [5.41, 5.74) is 0. The minimum Gasteiger partial charge on any atom is -0.303 e. The first-order valence-corrected chi connectivity index (χ1v) is 8.94. The molecule has 0 bridgehead atoms. The highest BCUT2D eigenvalue weighted by Gasteiger charge is 2.62. The number of halogens is 5. The molecule has 0 aliphatic rings. The van der Waals surface area contributed by atoms with Crippen molar-refractivity contribution < 1.29 is 59.7 Å². The molecule has 0 rings (SSSR count). The Labute approximate surface area is 127 Å². The number of alkyl halides is 5. The van der Waals surface area contributed by atoms with Crippen LogP contribution in [0.5, 0.6) is 0 Å². The largest absolute Gasteiger partial charge is 0.470 e. The molecule has 0 aromatic heterocycles. The summed E-state index contributed by atoms with van der Waals surface area (Å²) in [6, 6.07) is 0. The lowest BCUT2D eigenvalue weighted by atomic mass is 10.0. The SMILES string of the molecule is O=P(O)(O)OCCCCC(OP(=O)(O)O)C(F)(F)C(F)(F)CF.